The molecule has 0 spiro atoms. The van der Waals surface area contributed by atoms with Crippen LogP contribution in [0.4, 0.5) is 0 Å². The predicted molar refractivity (Wildman–Crippen MR) is 101 cm³/mol. The summed E-state index contributed by atoms with van der Waals surface area (Å²) in [4.78, 5) is 24.4. The Morgan fingerprint density at radius 2 is 1.08 bits per heavy atom. The zero-order chi connectivity index (χ0) is 17.9. The summed E-state index contributed by atoms with van der Waals surface area (Å²) in [6.07, 6.45) is 1.84. The molecule has 0 saturated heterocycles. The van der Waals surface area contributed by atoms with Gasteiger partial charge in [0.15, 0.2) is 0 Å². The van der Waals surface area contributed by atoms with E-state index in [1.807, 2.05) is 36.4 Å². The van der Waals surface area contributed by atoms with Crippen LogP contribution in [0.15, 0.2) is 60.7 Å². The van der Waals surface area contributed by atoms with Crippen LogP contribution in [0.3, 0.4) is 0 Å². The smallest absolute Gasteiger partial charge is 0.223 e. The van der Waals surface area contributed by atoms with Crippen molar-refractivity contribution in [2.45, 2.75) is 24.7 Å². The van der Waals surface area contributed by atoms with E-state index in [1.165, 1.54) is 11.1 Å². The van der Waals surface area contributed by atoms with E-state index in [-0.39, 0.29) is 23.7 Å². The molecule has 0 bridgehead atoms. The fourth-order valence-electron chi connectivity index (χ4n) is 3.74. The van der Waals surface area contributed by atoms with Gasteiger partial charge >= 0.3 is 0 Å². The minimum absolute atomic E-state index is 0.0824. The van der Waals surface area contributed by atoms with Crippen molar-refractivity contribution >= 4 is 11.8 Å². The van der Waals surface area contributed by atoms with E-state index in [2.05, 4.69) is 34.9 Å². The lowest BCUT2D eigenvalue weighted by Gasteiger charge is -2.07. The second kappa shape index (κ2) is 7.32. The number of carbonyl (C=O) groups is 2. The maximum Gasteiger partial charge on any atom is 0.223 e. The summed E-state index contributed by atoms with van der Waals surface area (Å²) in [7, 11) is 0. The van der Waals surface area contributed by atoms with E-state index in [0.29, 0.717) is 24.9 Å². The van der Waals surface area contributed by atoms with Gasteiger partial charge in [-0.2, -0.15) is 0 Å². The quantitative estimate of drug-likeness (QED) is 0.756. The Labute approximate surface area is 154 Å². The molecule has 4 rings (SSSR count). The molecule has 26 heavy (non-hydrogen) atoms. The zero-order valence-corrected chi connectivity index (χ0v) is 14.7. The molecule has 2 amide bonds. The van der Waals surface area contributed by atoms with Gasteiger partial charge in [0.2, 0.25) is 11.8 Å². The molecular weight excluding hydrogens is 324 g/mol. The lowest BCUT2D eigenvalue weighted by atomic mass is 10.1. The van der Waals surface area contributed by atoms with Crippen molar-refractivity contribution in [2.75, 3.05) is 13.1 Å². The predicted octanol–water partition coefficient (Wildman–Crippen LogP) is 2.83. The summed E-state index contributed by atoms with van der Waals surface area (Å²) in [5, 5.41) is 5.90. The molecule has 0 radical (unpaired) electrons. The van der Waals surface area contributed by atoms with E-state index in [9.17, 15) is 9.59 Å². The molecule has 2 aliphatic rings. The fraction of sp³-hybridized carbons (Fsp3) is 0.364. The highest BCUT2D eigenvalue weighted by atomic mass is 16.2. The molecule has 2 N–H and O–H groups in total. The van der Waals surface area contributed by atoms with Crippen LogP contribution in [0.5, 0.6) is 0 Å². The SMILES string of the molecule is O=C(NCCNC(=O)[C@@H]1C[C@@H]1c1ccccc1)[C@@H]1C[C@@H]1c1ccccc1. The van der Waals surface area contributed by atoms with E-state index in [1.54, 1.807) is 0 Å². The molecule has 2 saturated carbocycles. The van der Waals surface area contributed by atoms with Crippen molar-refractivity contribution in [3.8, 4) is 0 Å². The number of hydrogen-bond acceptors (Lipinski definition) is 2. The molecule has 4 atom stereocenters. The minimum atomic E-state index is 0.0824. The number of amides is 2. The first kappa shape index (κ1) is 16.8. The lowest BCUT2D eigenvalue weighted by molar-refractivity contribution is -0.124. The molecule has 134 valence electrons. The molecule has 0 heterocycles. The monoisotopic (exact) mass is 348 g/mol. The molecule has 2 aromatic rings. The third kappa shape index (κ3) is 3.79. The summed E-state index contributed by atoms with van der Waals surface area (Å²) in [5.74, 6) is 1.06. The average Bonchev–Trinajstić information content (AvgIpc) is 3.59. The number of carbonyl (C=O) groups excluding carboxylic acids is 2. The highest BCUT2D eigenvalue weighted by molar-refractivity contribution is 5.84. The van der Waals surface area contributed by atoms with E-state index in [4.69, 9.17) is 0 Å². The second-order valence-electron chi connectivity index (χ2n) is 7.30. The van der Waals surface area contributed by atoms with Crippen molar-refractivity contribution in [1.29, 1.82) is 0 Å². The standard InChI is InChI=1S/C22H24N2O2/c25-21(19-13-17(19)15-7-3-1-4-8-15)23-11-12-24-22(26)20-14-18(20)16-9-5-2-6-10-16/h1-10,17-20H,11-14H2,(H,23,25)(H,24,26)/t17-,18-,19-,20-/m1/s1. The summed E-state index contributed by atoms with van der Waals surface area (Å²) in [5.41, 5.74) is 2.48. The van der Waals surface area contributed by atoms with Gasteiger partial charge in [0, 0.05) is 24.9 Å². The first-order chi connectivity index (χ1) is 12.7. The van der Waals surface area contributed by atoms with Gasteiger partial charge in [-0.1, -0.05) is 60.7 Å². The third-order valence-electron chi connectivity index (χ3n) is 5.43. The highest BCUT2D eigenvalue weighted by Crippen LogP contribution is 2.48. The molecule has 4 heteroatoms. The van der Waals surface area contributed by atoms with Crippen LogP contribution in [-0.4, -0.2) is 24.9 Å². The minimum Gasteiger partial charge on any atom is -0.354 e. The van der Waals surface area contributed by atoms with Crippen molar-refractivity contribution in [3.63, 3.8) is 0 Å². The Hall–Kier alpha value is -2.62. The summed E-state index contributed by atoms with van der Waals surface area (Å²) < 4.78 is 0. The maximum absolute atomic E-state index is 12.2. The fourth-order valence-corrected chi connectivity index (χ4v) is 3.74. The molecular formula is C22H24N2O2. The van der Waals surface area contributed by atoms with Crippen molar-refractivity contribution in [3.05, 3.63) is 71.8 Å². The molecule has 0 unspecified atom stereocenters. The zero-order valence-electron chi connectivity index (χ0n) is 14.7. The van der Waals surface area contributed by atoms with E-state index >= 15 is 0 Å². The largest absolute Gasteiger partial charge is 0.354 e. The summed E-state index contributed by atoms with van der Waals surface area (Å²) >= 11 is 0. The Bertz CT molecular complexity index is 708. The van der Waals surface area contributed by atoms with Gasteiger partial charge in [-0.25, -0.2) is 0 Å². The second-order valence-corrected chi connectivity index (χ2v) is 7.30. The number of rotatable bonds is 7. The summed E-state index contributed by atoms with van der Waals surface area (Å²) in [6, 6.07) is 20.4. The van der Waals surface area contributed by atoms with Gasteiger partial charge in [-0.15, -0.1) is 0 Å². The normalized spacial score (nSPS) is 26.0. The van der Waals surface area contributed by atoms with Gasteiger partial charge < -0.3 is 10.6 Å². The Balaban J connectivity index is 1.14. The number of nitrogens with one attached hydrogen (secondary N) is 2. The summed E-state index contributed by atoms with van der Waals surface area (Å²) in [6.45, 7) is 0.983. The number of hydrogen-bond donors (Lipinski definition) is 2. The molecule has 4 nitrogen and oxygen atoms in total. The van der Waals surface area contributed by atoms with Gasteiger partial charge in [0.1, 0.15) is 0 Å². The van der Waals surface area contributed by atoms with Crippen molar-refractivity contribution < 1.29 is 9.59 Å². The van der Waals surface area contributed by atoms with Crippen LogP contribution in [-0.2, 0) is 9.59 Å². The molecule has 2 aromatic carbocycles. The van der Waals surface area contributed by atoms with E-state index < -0.39 is 0 Å². The highest BCUT2D eigenvalue weighted by Gasteiger charge is 2.44. The van der Waals surface area contributed by atoms with Crippen LogP contribution in [0.2, 0.25) is 0 Å². The van der Waals surface area contributed by atoms with Crippen LogP contribution in [0.25, 0.3) is 0 Å². The van der Waals surface area contributed by atoms with Crippen LogP contribution in [0.1, 0.15) is 35.8 Å². The van der Waals surface area contributed by atoms with Gasteiger partial charge in [-0.05, 0) is 35.8 Å². The lowest BCUT2D eigenvalue weighted by Crippen LogP contribution is -2.36. The van der Waals surface area contributed by atoms with Crippen LogP contribution >= 0.6 is 0 Å². The van der Waals surface area contributed by atoms with Crippen molar-refractivity contribution in [2.24, 2.45) is 11.8 Å². The molecule has 2 aliphatic carbocycles. The maximum atomic E-state index is 12.2. The average molecular weight is 348 g/mol. The van der Waals surface area contributed by atoms with Crippen molar-refractivity contribution in [1.82, 2.24) is 10.6 Å². The Morgan fingerprint density at radius 3 is 1.46 bits per heavy atom. The van der Waals surface area contributed by atoms with E-state index in [0.717, 1.165) is 12.8 Å². The third-order valence-corrected chi connectivity index (χ3v) is 5.43. The van der Waals surface area contributed by atoms with Gasteiger partial charge in [0.25, 0.3) is 0 Å². The van der Waals surface area contributed by atoms with Gasteiger partial charge in [-0.3, -0.25) is 9.59 Å². The Morgan fingerprint density at radius 1 is 0.692 bits per heavy atom. The van der Waals surface area contributed by atoms with Crippen LogP contribution < -0.4 is 10.6 Å². The first-order valence-electron chi connectivity index (χ1n) is 9.39. The molecule has 0 aromatic heterocycles. The van der Waals surface area contributed by atoms with Crippen LogP contribution in [0, 0.1) is 11.8 Å². The Kier molecular flexibility index (Phi) is 4.74. The topological polar surface area (TPSA) is 58.2 Å². The molecule has 0 aliphatic heterocycles. The first-order valence-corrected chi connectivity index (χ1v) is 9.39. The van der Waals surface area contributed by atoms with Gasteiger partial charge in [0.05, 0.1) is 0 Å². The molecule has 2 fully saturated rings. The number of benzene rings is 2.